The zero-order chi connectivity index (χ0) is 10.3. The van der Waals surface area contributed by atoms with Gasteiger partial charge in [-0.1, -0.05) is 0 Å². The van der Waals surface area contributed by atoms with Gasteiger partial charge < -0.3 is 9.47 Å². The Kier molecular flexibility index (Phi) is 2.32. The lowest BCUT2D eigenvalue weighted by molar-refractivity contribution is -0.222. The average Bonchev–Trinajstić information content (AvgIpc) is 2.02. The Labute approximate surface area is 72.8 Å². The lowest BCUT2D eigenvalue weighted by Crippen LogP contribution is -2.45. The SMILES string of the molecule is CC1(C)OCC(F)(F)C(F)(F)CO1. The predicted octanol–water partition coefficient (Wildman–Crippen LogP) is 2.04. The zero-order valence-corrected chi connectivity index (χ0v) is 7.24. The third-order valence-electron chi connectivity index (χ3n) is 1.74. The summed E-state index contributed by atoms with van der Waals surface area (Å²) in [5.41, 5.74) is 0. The second-order valence-electron chi connectivity index (χ2n) is 3.39. The molecule has 0 saturated carbocycles. The molecular formula is C7H10F4O2. The van der Waals surface area contributed by atoms with Crippen molar-refractivity contribution in [2.24, 2.45) is 0 Å². The molecule has 0 aliphatic carbocycles. The Balaban J connectivity index is 2.82. The van der Waals surface area contributed by atoms with E-state index in [9.17, 15) is 17.6 Å². The molecule has 0 aromatic carbocycles. The van der Waals surface area contributed by atoms with Crippen molar-refractivity contribution in [3.63, 3.8) is 0 Å². The van der Waals surface area contributed by atoms with Gasteiger partial charge in [-0.15, -0.1) is 0 Å². The van der Waals surface area contributed by atoms with Crippen LogP contribution >= 0.6 is 0 Å². The summed E-state index contributed by atoms with van der Waals surface area (Å²) in [6.07, 6.45) is 0. The molecule has 0 bridgehead atoms. The summed E-state index contributed by atoms with van der Waals surface area (Å²) >= 11 is 0. The fourth-order valence-electron chi connectivity index (χ4n) is 0.782. The minimum atomic E-state index is -4.17. The van der Waals surface area contributed by atoms with E-state index in [0.717, 1.165) is 0 Å². The van der Waals surface area contributed by atoms with Gasteiger partial charge in [-0.3, -0.25) is 0 Å². The first kappa shape index (κ1) is 10.7. The van der Waals surface area contributed by atoms with Crippen LogP contribution in [-0.2, 0) is 9.47 Å². The monoisotopic (exact) mass is 202 g/mol. The highest BCUT2D eigenvalue weighted by atomic mass is 19.3. The molecule has 0 spiro atoms. The molecule has 2 nitrogen and oxygen atoms in total. The largest absolute Gasteiger partial charge is 0.344 e. The van der Waals surface area contributed by atoms with E-state index in [-0.39, 0.29) is 0 Å². The summed E-state index contributed by atoms with van der Waals surface area (Å²) in [7, 11) is 0. The maximum Gasteiger partial charge on any atom is 0.335 e. The Hall–Kier alpha value is -0.360. The van der Waals surface area contributed by atoms with Crippen LogP contribution in [0, 0.1) is 0 Å². The molecule has 0 unspecified atom stereocenters. The minimum Gasteiger partial charge on any atom is -0.344 e. The number of rotatable bonds is 0. The lowest BCUT2D eigenvalue weighted by Gasteiger charge is -2.21. The quantitative estimate of drug-likeness (QED) is 0.559. The van der Waals surface area contributed by atoms with Gasteiger partial charge in [0, 0.05) is 0 Å². The van der Waals surface area contributed by atoms with Crippen molar-refractivity contribution in [1.82, 2.24) is 0 Å². The topological polar surface area (TPSA) is 18.5 Å². The van der Waals surface area contributed by atoms with Gasteiger partial charge in [-0.25, -0.2) is 0 Å². The summed E-state index contributed by atoms with van der Waals surface area (Å²) in [6, 6.07) is 0. The van der Waals surface area contributed by atoms with Crippen molar-refractivity contribution in [2.45, 2.75) is 31.5 Å². The molecule has 1 aliphatic heterocycles. The molecule has 0 amide bonds. The second-order valence-corrected chi connectivity index (χ2v) is 3.39. The van der Waals surface area contributed by atoms with Gasteiger partial charge in [0.15, 0.2) is 5.79 Å². The molecule has 1 aliphatic rings. The summed E-state index contributed by atoms with van der Waals surface area (Å²) in [4.78, 5) is 0. The number of hydrogen-bond acceptors (Lipinski definition) is 2. The van der Waals surface area contributed by atoms with Gasteiger partial charge in [0.2, 0.25) is 0 Å². The Bertz CT molecular complexity index is 183. The van der Waals surface area contributed by atoms with Gasteiger partial charge in [0.25, 0.3) is 0 Å². The van der Waals surface area contributed by atoms with Gasteiger partial charge in [-0.2, -0.15) is 17.6 Å². The van der Waals surface area contributed by atoms with E-state index >= 15 is 0 Å². The summed E-state index contributed by atoms with van der Waals surface area (Å²) in [5.74, 6) is -9.72. The highest BCUT2D eigenvalue weighted by Crippen LogP contribution is 2.38. The van der Waals surface area contributed by atoms with Crippen LogP contribution in [0.2, 0.25) is 0 Å². The molecular weight excluding hydrogens is 192 g/mol. The van der Waals surface area contributed by atoms with E-state index in [1.165, 1.54) is 13.8 Å². The van der Waals surface area contributed by atoms with Crippen molar-refractivity contribution in [2.75, 3.05) is 13.2 Å². The zero-order valence-electron chi connectivity index (χ0n) is 7.24. The molecule has 13 heavy (non-hydrogen) atoms. The van der Waals surface area contributed by atoms with Crippen LogP contribution < -0.4 is 0 Å². The molecule has 78 valence electrons. The summed E-state index contributed by atoms with van der Waals surface area (Å²) in [5, 5.41) is 0. The fraction of sp³-hybridized carbons (Fsp3) is 1.00. The number of halogens is 4. The first-order chi connectivity index (χ1) is 5.66. The maximum atomic E-state index is 12.6. The Morgan fingerprint density at radius 1 is 0.846 bits per heavy atom. The van der Waals surface area contributed by atoms with E-state index in [1.807, 2.05) is 0 Å². The molecule has 0 aromatic heterocycles. The summed E-state index contributed by atoms with van der Waals surface area (Å²) in [6.45, 7) is -0.0328. The minimum absolute atomic E-state index is 1.31. The van der Waals surface area contributed by atoms with Crippen molar-refractivity contribution in [3.8, 4) is 0 Å². The molecule has 0 radical (unpaired) electrons. The van der Waals surface area contributed by atoms with Crippen molar-refractivity contribution in [1.29, 1.82) is 0 Å². The molecule has 0 aromatic rings. The van der Waals surface area contributed by atoms with Crippen LogP contribution in [0.1, 0.15) is 13.8 Å². The first-order valence-electron chi connectivity index (χ1n) is 3.70. The van der Waals surface area contributed by atoms with E-state index in [2.05, 4.69) is 9.47 Å². The van der Waals surface area contributed by atoms with Crippen molar-refractivity contribution in [3.05, 3.63) is 0 Å². The molecule has 1 saturated heterocycles. The summed E-state index contributed by atoms with van der Waals surface area (Å²) < 4.78 is 59.5. The van der Waals surface area contributed by atoms with Crippen LogP contribution in [0.25, 0.3) is 0 Å². The van der Waals surface area contributed by atoms with Gasteiger partial charge in [-0.05, 0) is 13.8 Å². The van der Waals surface area contributed by atoms with Crippen LogP contribution in [0.3, 0.4) is 0 Å². The third-order valence-corrected chi connectivity index (χ3v) is 1.74. The van der Waals surface area contributed by atoms with Gasteiger partial charge in [0.1, 0.15) is 13.2 Å². The van der Waals surface area contributed by atoms with E-state index in [4.69, 9.17) is 0 Å². The lowest BCUT2D eigenvalue weighted by atomic mass is 10.2. The molecule has 0 N–H and O–H groups in total. The smallest absolute Gasteiger partial charge is 0.335 e. The van der Waals surface area contributed by atoms with Gasteiger partial charge in [0.05, 0.1) is 0 Å². The average molecular weight is 202 g/mol. The van der Waals surface area contributed by atoms with E-state index < -0.39 is 30.8 Å². The van der Waals surface area contributed by atoms with Crippen LogP contribution in [0.5, 0.6) is 0 Å². The van der Waals surface area contributed by atoms with Crippen LogP contribution in [0.4, 0.5) is 17.6 Å². The fourth-order valence-corrected chi connectivity index (χ4v) is 0.782. The number of alkyl halides is 4. The highest BCUT2D eigenvalue weighted by Gasteiger charge is 2.59. The van der Waals surface area contributed by atoms with Crippen LogP contribution in [-0.4, -0.2) is 30.8 Å². The standard InChI is InChI=1S/C7H10F4O2/c1-5(2)12-3-6(8,9)7(10,11)4-13-5/h3-4H2,1-2H3. The van der Waals surface area contributed by atoms with Crippen molar-refractivity contribution < 1.29 is 27.0 Å². The number of hydrogen-bond donors (Lipinski definition) is 0. The second kappa shape index (κ2) is 2.81. The normalized spacial score (nSPS) is 30.9. The first-order valence-corrected chi connectivity index (χ1v) is 3.70. The highest BCUT2D eigenvalue weighted by molar-refractivity contribution is 4.87. The molecule has 1 rings (SSSR count). The van der Waals surface area contributed by atoms with Crippen molar-refractivity contribution >= 4 is 0 Å². The maximum absolute atomic E-state index is 12.6. The molecule has 0 atom stereocenters. The molecule has 1 fully saturated rings. The third kappa shape index (κ3) is 2.11. The van der Waals surface area contributed by atoms with Gasteiger partial charge >= 0.3 is 11.8 Å². The Morgan fingerprint density at radius 2 is 1.15 bits per heavy atom. The molecule has 1 heterocycles. The van der Waals surface area contributed by atoms with Crippen LogP contribution in [0.15, 0.2) is 0 Å². The van der Waals surface area contributed by atoms with E-state index in [0.29, 0.717) is 0 Å². The van der Waals surface area contributed by atoms with E-state index in [1.54, 1.807) is 0 Å². The molecule has 6 heteroatoms. The Morgan fingerprint density at radius 3 is 1.46 bits per heavy atom. The number of ether oxygens (including phenoxy) is 2. The predicted molar refractivity (Wildman–Crippen MR) is 35.9 cm³/mol.